The zero-order chi connectivity index (χ0) is 17.1. The molecule has 3 rings (SSSR count). The second-order valence-electron chi connectivity index (χ2n) is 4.96. The number of H-pyrrole nitrogens is 1. The average molecular weight is 358 g/mol. The summed E-state index contributed by atoms with van der Waals surface area (Å²) in [7, 11) is 6.38. The van der Waals surface area contributed by atoms with Gasteiger partial charge in [-0.3, -0.25) is 0 Å². The molecule has 0 amide bonds. The molecule has 3 aromatic rings. The number of rotatable bonds is 2. The van der Waals surface area contributed by atoms with Crippen molar-refractivity contribution in [2.45, 2.75) is 5.81 Å². The van der Waals surface area contributed by atoms with Gasteiger partial charge in [-0.15, -0.1) is 0 Å². The van der Waals surface area contributed by atoms with Gasteiger partial charge in [0.15, 0.2) is 25.3 Å². The second kappa shape index (κ2) is 5.20. The highest BCUT2D eigenvalue weighted by atomic mass is 35.5. The number of nitrogens with one attached hydrogen (secondary N) is 1. The van der Waals surface area contributed by atoms with Gasteiger partial charge in [0.1, 0.15) is 5.65 Å². The summed E-state index contributed by atoms with van der Waals surface area (Å²) in [5.41, 5.74) is 0.0969. The van der Waals surface area contributed by atoms with Gasteiger partial charge in [-0.2, -0.15) is 0 Å². The topological polar surface area (TPSA) is 72.4 Å². The molecular weight excluding hydrogens is 350 g/mol. The van der Waals surface area contributed by atoms with Gasteiger partial charge >= 0.3 is 0 Å². The zero-order valence-corrected chi connectivity index (χ0v) is 13.0. The predicted octanol–water partition coefficient (Wildman–Crippen LogP) is 2.50. The molecule has 2 aromatic heterocycles. The number of pyridine rings is 1. The van der Waals surface area contributed by atoms with Crippen LogP contribution in [0, 0.1) is 11.6 Å². The van der Waals surface area contributed by atoms with Crippen molar-refractivity contribution >= 4 is 58.7 Å². The second-order valence-corrected chi connectivity index (χ2v) is 5.74. The van der Waals surface area contributed by atoms with E-state index in [9.17, 15) is 19.0 Å². The number of nitrogens with zero attached hydrogens (tertiary/aromatic N) is 2. The lowest BCUT2D eigenvalue weighted by Crippen LogP contribution is -2.47. The van der Waals surface area contributed by atoms with Crippen molar-refractivity contribution in [3.8, 4) is 0 Å². The number of benzene rings is 1. The maximum Gasteiger partial charge on any atom is 0.188 e. The summed E-state index contributed by atoms with van der Waals surface area (Å²) in [5, 5.41) is 18.9. The molecule has 0 aliphatic heterocycles. The van der Waals surface area contributed by atoms with Gasteiger partial charge < -0.3 is 20.1 Å². The fourth-order valence-corrected chi connectivity index (χ4v) is 2.70. The quantitative estimate of drug-likeness (QED) is 0.486. The van der Waals surface area contributed by atoms with Crippen molar-refractivity contribution in [1.29, 1.82) is 0 Å². The number of fused-ring (bicyclic) bond motifs is 3. The van der Waals surface area contributed by atoms with Gasteiger partial charge in [-0.1, -0.05) is 23.2 Å². The van der Waals surface area contributed by atoms with E-state index in [0.29, 0.717) is 0 Å². The van der Waals surface area contributed by atoms with Gasteiger partial charge in [0.2, 0.25) is 0 Å². The summed E-state index contributed by atoms with van der Waals surface area (Å²) in [4.78, 5) is 7.48. The molecule has 23 heavy (non-hydrogen) atoms. The van der Waals surface area contributed by atoms with Crippen LogP contribution in [-0.4, -0.2) is 40.9 Å². The molecule has 10 heteroatoms. The summed E-state index contributed by atoms with van der Waals surface area (Å²) in [6.07, 6.45) is 1.25. The fraction of sp³-hybridized carbons (Fsp3) is 0.154. The number of hydrogen-bond donors (Lipinski definition) is 3. The van der Waals surface area contributed by atoms with E-state index in [4.69, 9.17) is 31.0 Å². The molecular formula is C13H8BCl2F2N3O2. The first kappa shape index (κ1) is 16.3. The lowest BCUT2D eigenvalue weighted by Gasteiger charge is -2.31. The molecule has 2 heterocycles. The Bertz CT molecular complexity index is 943. The number of hydrogen-bond acceptors (Lipinski definition) is 4. The van der Waals surface area contributed by atoms with Crippen LogP contribution in [0.2, 0.25) is 10.0 Å². The van der Waals surface area contributed by atoms with Crippen LogP contribution in [0.1, 0.15) is 0 Å². The SMILES string of the molecule is [B]C(O)(O)N(C)c1cc(F)c(F)c2c1[nH]c1ncc(Cl)c(Cl)c12. The van der Waals surface area contributed by atoms with Gasteiger partial charge in [-0.25, -0.2) is 13.8 Å². The summed E-state index contributed by atoms with van der Waals surface area (Å²) < 4.78 is 28.3. The Hall–Kier alpha value is -1.61. The predicted molar refractivity (Wildman–Crippen MR) is 84.9 cm³/mol. The normalized spacial score (nSPS) is 12.3. The lowest BCUT2D eigenvalue weighted by molar-refractivity contribution is -0.0819. The van der Waals surface area contributed by atoms with Crippen LogP contribution in [0.5, 0.6) is 0 Å². The van der Waals surface area contributed by atoms with Crippen molar-refractivity contribution < 1.29 is 19.0 Å². The number of aliphatic hydroxyl groups is 2. The van der Waals surface area contributed by atoms with E-state index in [1.807, 2.05) is 0 Å². The zero-order valence-electron chi connectivity index (χ0n) is 11.5. The smallest absolute Gasteiger partial charge is 0.188 e. The monoisotopic (exact) mass is 357 g/mol. The molecule has 0 spiro atoms. The van der Waals surface area contributed by atoms with Gasteiger partial charge in [0, 0.05) is 24.7 Å². The van der Waals surface area contributed by atoms with E-state index in [2.05, 4.69) is 9.97 Å². The first-order valence-corrected chi connectivity index (χ1v) is 6.99. The number of halogens is 4. The van der Waals surface area contributed by atoms with Crippen molar-refractivity contribution in [3.05, 3.63) is 33.9 Å². The standard InChI is InChI=1S/C13H8BCl2F2N3O2/c1-21(13(14,22)23)6-2-5(17)10(18)8-7-9(16)4(15)3-19-12(7)20-11(6)8/h2-3,22-23H,1H3,(H,19,20). The minimum Gasteiger partial charge on any atom is -0.358 e. The number of aromatic amines is 1. The van der Waals surface area contributed by atoms with Crippen LogP contribution in [-0.2, 0) is 0 Å². The molecule has 0 unspecified atom stereocenters. The largest absolute Gasteiger partial charge is 0.358 e. The molecule has 118 valence electrons. The first-order valence-electron chi connectivity index (χ1n) is 6.23. The van der Waals surface area contributed by atoms with Gasteiger partial charge in [-0.05, 0) is 0 Å². The van der Waals surface area contributed by atoms with Crippen LogP contribution >= 0.6 is 23.2 Å². The fourth-order valence-electron chi connectivity index (χ4n) is 2.32. The highest BCUT2D eigenvalue weighted by Crippen LogP contribution is 2.40. The van der Waals surface area contributed by atoms with E-state index in [0.717, 1.165) is 11.0 Å². The van der Waals surface area contributed by atoms with Crippen LogP contribution < -0.4 is 4.90 Å². The molecule has 0 fully saturated rings. The van der Waals surface area contributed by atoms with E-state index >= 15 is 0 Å². The summed E-state index contributed by atoms with van der Waals surface area (Å²) in [6, 6.07) is 0.774. The molecule has 0 aliphatic carbocycles. The minimum absolute atomic E-state index is 0.00646. The van der Waals surface area contributed by atoms with Gasteiger partial charge in [0.25, 0.3) is 0 Å². The van der Waals surface area contributed by atoms with E-state index in [-0.39, 0.29) is 37.7 Å². The van der Waals surface area contributed by atoms with E-state index < -0.39 is 17.4 Å². The Kier molecular flexibility index (Phi) is 3.68. The van der Waals surface area contributed by atoms with E-state index in [1.165, 1.54) is 13.2 Å². The molecule has 0 aliphatic rings. The molecule has 3 N–H and O–H groups in total. The van der Waals surface area contributed by atoms with Crippen LogP contribution in [0.3, 0.4) is 0 Å². The van der Waals surface area contributed by atoms with Crippen molar-refractivity contribution in [2.75, 3.05) is 11.9 Å². The Morgan fingerprint density at radius 2 is 1.96 bits per heavy atom. The molecule has 1 aromatic carbocycles. The summed E-state index contributed by atoms with van der Waals surface area (Å²) in [6.45, 7) is 0. The third kappa shape index (κ3) is 2.42. The third-order valence-corrected chi connectivity index (χ3v) is 4.30. The summed E-state index contributed by atoms with van der Waals surface area (Å²) in [5.74, 6) is -5.18. The highest BCUT2D eigenvalue weighted by Gasteiger charge is 2.28. The number of aromatic nitrogens is 2. The molecule has 2 radical (unpaired) electrons. The molecule has 0 saturated heterocycles. The highest BCUT2D eigenvalue weighted by molar-refractivity contribution is 6.46. The Morgan fingerprint density at radius 1 is 1.30 bits per heavy atom. The Labute approximate surface area is 139 Å². The molecule has 0 saturated carbocycles. The van der Waals surface area contributed by atoms with Crippen molar-refractivity contribution in [3.63, 3.8) is 0 Å². The van der Waals surface area contributed by atoms with Crippen LogP contribution in [0.15, 0.2) is 12.3 Å². The molecule has 0 atom stereocenters. The Morgan fingerprint density at radius 3 is 2.57 bits per heavy atom. The van der Waals surface area contributed by atoms with E-state index in [1.54, 1.807) is 0 Å². The first-order chi connectivity index (χ1) is 10.6. The summed E-state index contributed by atoms with van der Waals surface area (Å²) >= 11 is 12.0. The maximum absolute atomic E-state index is 14.3. The lowest BCUT2D eigenvalue weighted by atomic mass is 10.0. The third-order valence-electron chi connectivity index (χ3n) is 3.52. The van der Waals surface area contributed by atoms with Crippen molar-refractivity contribution in [1.82, 2.24) is 9.97 Å². The van der Waals surface area contributed by atoms with Gasteiger partial charge in [0.05, 0.1) is 26.6 Å². The molecule has 0 bridgehead atoms. The average Bonchev–Trinajstić information content (AvgIpc) is 2.85. The minimum atomic E-state index is -2.79. The maximum atomic E-state index is 14.3. The Balaban J connectivity index is 2.50. The van der Waals surface area contributed by atoms with Crippen LogP contribution in [0.25, 0.3) is 21.9 Å². The van der Waals surface area contributed by atoms with Crippen molar-refractivity contribution in [2.24, 2.45) is 0 Å². The number of anilines is 1. The molecule has 5 nitrogen and oxygen atoms in total. The van der Waals surface area contributed by atoms with Crippen LogP contribution in [0.4, 0.5) is 14.5 Å².